The smallest absolute Gasteiger partial charge is 0.267 e. The minimum absolute atomic E-state index is 0.0853. The van der Waals surface area contributed by atoms with E-state index in [4.69, 9.17) is 4.74 Å². The Morgan fingerprint density at radius 2 is 2.53 bits per heavy atom. The van der Waals surface area contributed by atoms with Gasteiger partial charge < -0.3 is 15.0 Å². The van der Waals surface area contributed by atoms with E-state index < -0.39 is 0 Å². The zero-order chi connectivity index (χ0) is 13.2. The number of rotatable bonds is 3. The summed E-state index contributed by atoms with van der Waals surface area (Å²) in [5, 5.41) is 2.92. The number of morpholine rings is 1. The Morgan fingerprint density at radius 3 is 3.32 bits per heavy atom. The van der Waals surface area contributed by atoms with Crippen molar-refractivity contribution in [2.75, 3.05) is 26.2 Å². The molecule has 0 bridgehead atoms. The molecule has 2 fully saturated rings. The Balaban J connectivity index is 1.48. The SMILES string of the molecule is O=C(NCC1CN2CCCC2CO1)c1cc(Br)c[nH]1. The van der Waals surface area contributed by atoms with E-state index in [1.807, 2.05) is 0 Å². The third kappa shape index (κ3) is 3.01. The second-order valence-electron chi connectivity index (χ2n) is 5.19. The quantitative estimate of drug-likeness (QED) is 0.881. The van der Waals surface area contributed by atoms with Gasteiger partial charge in [-0.3, -0.25) is 9.69 Å². The molecule has 2 unspecified atom stereocenters. The molecule has 104 valence electrons. The summed E-state index contributed by atoms with van der Waals surface area (Å²) in [6, 6.07) is 2.37. The van der Waals surface area contributed by atoms with Crippen LogP contribution in [0.1, 0.15) is 23.3 Å². The number of amides is 1. The van der Waals surface area contributed by atoms with E-state index in [1.165, 1.54) is 19.4 Å². The van der Waals surface area contributed by atoms with Crippen molar-refractivity contribution in [1.82, 2.24) is 15.2 Å². The molecule has 0 aliphatic carbocycles. The molecular weight excluding hydrogens is 310 g/mol. The van der Waals surface area contributed by atoms with Crippen LogP contribution in [0.2, 0.25) is 0 Å². The third-order valence-electron chi connectivity index (χ3n) is 3.84. The molecule has 2 atom stereocenters. The number of carbonyl (C=O) groups is 1. The van der Waals surface area contributed by atoms with Gasteiger partial charge >= 0.3 is 0 Å². The van der Waals surface area contributed by atoms with E-state index in [1.54, 1.807) is 12.3 Å². The van der Waals surface area contributed by atoms with Crippen LogP contribution < -0.4 is 5.32 Å². The summed E-state index contributed by atoms with van der Waals surface area (Å²) in [6.45, 7) is 3.47. The van der Waals surface area contributed by atoms with Gasteiger partial charge in [0.15, 0.2) is 0 Å². The minimum Gasteiger partial charge on any atom is -0.373 e. The average Bonchev–Trinajstić information content (AvgIpc) is 3.03. The molecule has 1 aromatic rings. The number of hydrogen-bond donors (Lipinski definition) is 2. The first kappa shape index (κ1) is 13.1. The van der Waals surface area contributed by atoms with Gasteiger partial charge in [-0.05, 0) is 41.4 Å². The molecule has 2 saturated heterocycles. The first-order valence-electron chi connectivity index (χ1n) is 6.70. The number of nitrogens with zero attached hydrogens (tertiary/aromatic N) is 1. The summed E-state index contributed by atoms with van der Waals surface area (Å²) in [6.07, 6.45) is 4.37. The second-order valence-corrected chi connectivity index (χ2v) is 6.10. The number of H-pyrrole nitrogens is 1. The van der Waals surface area contributed by atoms with Crippen LogP contribution in [0.15, 0.2) is 16.7 Å². The summed E-state index contributed by atoms with van der Waals surface area (Å²) < 4.78 is 6.69. The van der Waals surface area contributed by atoms with Crippen molar-refractivity contribution >= 4 is 21.8 Å². The molecule has 0 saturated carbocycles. The van der Waals surface area contributed by atoms with Crippen LogP contribution in [-0.4, -0.2) is 54.2 Å². The normalized spacial score (nSPS) is 27.2. The summed E-state index contributed by atoms with van der Waals surface area (Å²) in [5.74, 6) is -0.0853. The van der Waals surface area contributed by atoms with Gasteiger partial charge in [0.1, 0.15) is 5.69 Å². The van der Waals surface area contributed by atoms with E-state index in [0.717, 1.165) is 17.6 Å². The van der Waals surface area contributed by atoms with Crippen molar-refractivity contribution in [3.63, 3.8) is 0 Å². The topological polar surface area (TPSA) is 57.4 Å². The summed E-state index contributed by atoms with van der Waals surface area (Å²) >= 11 is 3.32. The maximum absolute atomic E-state index is 11.9. The van der Waals surface area contributed by atoms with Gasteiger partial charge in [-0.25, -0.2) is 0 Å². The zero-order valence-electron chi connectivity index (χ0n) is 10.7. The molecule has 6 heteroatoms. The van der Waals surface area contributed by atoms with Gasteiger partial charge in [-0.1, -0.05) is 0 Å². The molecule has 0 spiro atoms. The van der Waals surface area contributed by atoms with Crippen molar-refractivity contribution in [2.45, 2.75) is 25.0 Å². The van der Waals surface area contributed by atoms with Crippen molar-refractivity contribution in [1.29, 1.82) is 0 Å². The molecular formula is C13H18BrN3O2. The van der Waals surface area contributed by atoms with Crippen LogP contribution >= 0.6 is 15.9 Å². The van der Waals surface area contributed by atoms with E-state index in [-0.39, 0.29) is 12.0 Å². The Bertz CT molecular complexity index is 462. The summed E-state index contributed by atoms with van der Waals surface area (Å²) in [5.41, 5.74) is 0.571. The van der Waals surface area contributed by atoms with Gasteiger partial charge in [-0.15, -0.1) is 0 Å². The second kappa shape index (κ2) is 5.64. The standard InChI is InChI=1S/C13H18BrN3O2/c14-9-4-12(15-5-9)13(18)16-6-11-7-17-3-1-2-10(17)8-19-11/h4-5,10-11,15H,1-3,6-8H2,(H,16,18). The fraction of sp³-hybridized carbons (Fsp3) is 0.615. The molecule has 3 rings (SSSR count). The maximum atomic E-state index is 11.9. The van der Waals surface area contributed by atoms with E-state index in [0.29, 0.717) is 18.3 Å². The largest absolute Gasteiger partial charge is 0.373 e. The first-order valence-corrected chi connectivity index (χ1v) is 7.49. The number of fused-ring (bicyclic) bond motifs is 1. The molecule has 2 N–H and O–H groups in total. The number of halogens is 1. The number of aromatic amines is 1. The number of hydrogen-bond acceptors (Lipinski definition) is 3. The molecule has 3 heterocycles. The first-order chi connectivity index (χ1) is 9.22. The highest BCUT2D eigenvalue weighted by atomic mass is 79.9. The van der Waals surface area contributed by atoms with E-state index in [2.05, 4.69) is 31.1 Å². The highest BCUT2D eigenvalue weighted by Crippen LogP contribution is 2.22. The molecule has 1 aromatic heterocycles. The Kier molecular flexibility index (Phi) is 3.91. The lowest BCUT2D eigenvalue weighted by Crippen LogP contribution is -2.50. The molecule has 5 nitrogen and oxygen atoms in total. The summed E-state index contributed by atoms with van der Waals surface area (Å²) in [7, 11) is 0. The Morgan fingerprint density at radius 1 is 1.63 bits per heavy atom. The molecule has 0 radical (unpaired) electrons. The number of ether oxygens (including phenoxy) is 1. The van der Waals surface area contributed by atoms with Crippen molar-refractivity contribution < 1.29 is 9.53 Å². The average molecular weight is 328 g/mol. The van der Waals surface area contributed by atoms with Gasteiger partial charge in [0.25, 0.3) is 5.91 Å². The van der Waals surface area contributed by atoms with Gasteiger partial charge in [0.05, 0.1) is 12.7 Å². The summed E-state index contributed by atoms with van der Waals surface area (Å²) in [4.78, 5) is 17.3. The monoisotopic (exact) mass is 327 g/mol. The lowest BCUT2D eigenvalue weighted by atomic mass is 10.2. The zero-order valence-corrected chi connectivity index (χ0v) is 12.3. The van der Waals surface area contributed by atoms with Crippen molar-refractivity contribution in [3.8, 4) is 0 Å². The van der Waals surface area contributed by atoms with Crippen LogP contribution in [0.3, 0.4) is 0 Å². The van der Waals surface area contributed by atoms with Crippen molar-refractivity contribution in [3.05, 3.63) is 22.4 Å². The van der Waals surface area contributed by atoms with Crippen LogP contribution in [0.4, 0.5) is 0 Å². The maximum Gasteiger partial charge on any atom is 0.267 e. The number of nitrogens with one attached hydrogen (secondary N) is 2. The van der Waals surface area contributed by atoms with E-state index >= 15 is 0 Å². The lowest BCUT2D eigenvalue weighted by Gasteiger charge is -2.35. The third-order valence-corrected chi connectivity index (χ3v) is 4.30. The number of carbonyl (C=O) groups excluding carboxylic acids is 1. The van der Waals surface area contributed by atoms with E-state index in [9.17, 15) is 4.79 Å². The molecule has 0 aromatic carbocycles. The molecule has 2 aliphatic heterocycles. The highest BCUT2D eigenvalue weighted by molar-refractivity contribution is 9.10. The molecule has 1 amide bonds. The van der Waals surface area contributed by atoms with Gasteiger partial charge in [0, 0.05) is 29.8 Å². The highest BCUT2D eigenvalue weighted by Gasteiger charge is 2.32. The van der Waals surface area contributed by atoms with Crippen molar-refractivity contribution in [2.24, 2.45) is 0 Å². The fourth-order valence-electron chi connectivity index (χ4n) is 2.81. The fourth-order valence-corrected chi connectivity index (χ4v) is 3.15. The van der Waals surface area contributed by atoms with Crippen LogP contribution in [0.25, 0.3) is 0 Å². The number of aromatic nitrogens is 1. The minimum atomic E-state index is -0.0853. The van der Waals surface area contributed by atoms with Gasteiger partial charge in [-0.2, -0.15) is 0 Å². The predicted octanol–water partition coefficient (Wildman–Crippen LogP) is 1.37. The molecule has 19 heavy (non-hydrogen) atoms. The Hall–Kier alpha value is -0.850. The Labute approximate surface area is 120 Å². The molecule has 2 aliphatic rings. The lowest BCUT2D eigenvalue weighted by molar-refractivity contribution is -0.0462. The van der Waals surface area contributed by atoms with Gasteiger partial charge in [0.2, 0.25) is 0 Å². The van der Waals surface area contributed by atoms with Crippen LogP contribution in [-0.2, 0) is 4.74 Å². The predicted molar refractivity (Wildman–Crippen MR) is 75.2 cm³/mol. The van der Waals surface area contributed by atoms with Crippen LogP contribution in [0.5, 0.6) is 0 Å². The van der Waals surface area contributed by atoms with Crippen LogP contribution in [0, 0.1) is 0 Å².